The summed E-state index contributed by atoms with van der Waals surface area (Å²) in [6, 6.07) is 11.6. The van der Waals surface area contributed by atoms with Gasteiger partial charge in [-0.1, -0.05) is 12.1 Å². The fourth-order valence-corrected chi connectivity index (χ4v) is 4.41. The van der Waals surface area contributed by atoms with Gasteiger partial charge in [0.05, 0.1) is 31.5 Å². The highest BCUT2D eigenvalue weighted by Gasteiger charge is 2.33. The topological polar surface area (TPSA) is 97.0 Å². The van der Waals surface area contributed by atoms with E-state index in [0.29, 0.717) is 29.3 Å². The molecule has 2 aliphatic rings. The molecule has 8 nitrogen and oxygen atoms in total. The van der Waals surface area contributed by atoms with E-state index in [0.717, 1.165) is 18.4 Å². The molecule has 0 unspecified atom stereocenters. The summed E-state index contributed by atoms with van der Waals surface area (Å²) in [5, 5.41) is 5.53. The fourth-order valence-electron chi connectivity index (χ4n) is 4.41. The van der Waals surface area contributed by atoms with Crippen molar-refractivity contribution in [2.75, 3.05) is 26.1 Å². The molecule has 2 heterocycles. The Morgan fingerprint density at radius 3 is 2.72 bits per heavy atom. The Balaban J connectivity index is 1.44. The first-order valence-electron chi connectivity index (χ1n) is 10.7. The van der Waals surface area contributed by atoms with E-state index in [1.807, 2.05) is 23.1 Å². The molecule has 3 amide bonds. The van der Waals surface area contributed by atoms with Crippen molar-refractivity contribution < 1.29 is 23.9 Å². The van der Waals surface area contributed by atoms with Gasteiger partial charge in [-0.05, 0) is 43.5 Å². The average Bonchev–Trinajstić information content (AvgIpc) is 3.26. The molecule has 0 radical (unpaired) electrons. The highest BCUT2D eigenvalue weighted by atomic mass is 16.5. The van der Waals surface area contributed by atoms with Gasteiger partial charge >= 0.3 is 0 Å². The number of carbonyl (C=O) groups excluding carboxylic acids is 3. The fraction of sp³-hybridized carbons (Fsp3) is 0.375. The van der Waals surface area contributed by atoms with Crippen LogP contribution >= 0.6 is 0 Å². The molecule has 0 bridgehead atoms. The lowest BCUT2D eigenvalue weighted by Gasteiger charge is -2.27. The first-order valence-corrected chi connectivity index (χ1v) is 10.7. The summed E-state index contributed by atoms with van der Waals surface area (Å²) in [5.41, 5.74) is 1.84. The van der Waals surface area contributed by atoms with Gasteiger partial charge in [0.15, 0.2) is 0 Å². The number of para-hydroxylation sites is 1. The van der Waals surface area contributed by atoms with Crippen molar-refractivity contribution in [1.29, 1.82) is 0 Å². The van der Waals surface area contributed by atoms with Crippen molar-refractivity contribution >= 4 is 23.4 Å². The first-order chi connectivity index (χ1) is 15.5. The second kappa shape index (κ2) is 9.30. The molecule has 0 spiro atoms. The number of hydrogen-bond donors (Lipinski definition) is 2. The van der Waals surface area contributed by atoms with Crippen molar-refractivity contribution in [1.82, 2.24) is 10.2 Å². The normalized spacial score (nSPS) is 20.1. The van der Waals surface area contributed by atoms with Crippen molar-refractivity contribution in [3.8, 4) is 11.5 Å². The number of ether oxygens (including phenoxy) is 2. The molecule has 4 rings (SSSR count). The number of hydrogen-bond acceptors (Lipinski definition) is 5. The molecular formula is C24H27N3O5. The Hall–Kier alpha value is -3.55. The number of anilines is 1. The largest absolute Gasteiger partial charge is 0.497 e. The van der Waals surface area contributed by atoms with Gasteiger partial charge in [0, 0.05) is 24.6 Å². The van der Waals surface area contributed by atoms with Crippen LogP contribution < -0.4 is 20.1 Å². The third-order valence-corrected chi connectivity index (χ3v) is 6.07. The number of likely N-dealkylation sites (tertiary alicyclic amines) is 1. The van der Waals surface area contributed by atoms with Gasteiger partial charge in [-0.25, -0.2) is 0 Å². The van der Waals surface area contributed by atoms with E-state index >= 15 is 0 Å². The summed E-state index contributed by atoms with van der Waals surface area (Å²) in [4.78, 5) is 40.1. The predicted molar refractivity (Wildman–Crippen MR) is 119 cm³/mol. The Morgan fingerprint density at radius 2 is 1.94 bits per heavy atom. The van der Waals surface area contributed by atoms with Crippen LogP contribution in [0.3, 0.4) is 0 Å². The molecule has 0 saturated carbocycles. The molecular weight excluding hydrogens is 410 g/mol. The van der Waals surface area contributed by atoms with Crippen LogP contribution in [-0.2, 0) is 9.59 Å². The van der Waals surface area contributed by atoms with Gasteiger partial charge in [0.1, 0.15) is 17.5 Å². The minimum atomic E-state index is -0.768. The minimum Gasteiger partial charge on any atom is -0.497 e. The van der Waals surface area contributed by atoms with Crippen LogP contribution in [0.1, 0.15) is 47.6 Å². The standard InChI is InChI=1S/C24H27N3O5/c1-31-15-9-10-17(21(14-15)32-2)20-8-5-13-27(20)22(28)12-11-19-24(30)25-18-7-4-3-6-16(18)23(29)26-19/h3-4,6-7,9-10,14,19-20H,5,8,11-13H2,1-2H3,(H,25,30)(H,26,29)/t19-,20+/m1/s1. The van der Waals surface area contributed by atoms with Gasteiger partial charge in [0.25, 0.3) is 5.91 Å². The number of rotatable bonds is 6. The second-order valence-corrected chi connectivity index (χ2v) is 7.95. The maximum absolute atomic E-state index is 13.1. The third kappa shape index (κ3) is 4.26. The second-order valence-electron chi connectivity index (χ2n) is 7.95. The zero-order valence-electron chi connectivity index (χ0n) is 18.2. The lowest BCUT2D eigenvalue weighted by Crippen LogP contribution is -2.42. The summed E-state index contributed by atoms with van der Waals surface area (Å²) in [6.45, 7) is 0.646. The number of methoxy groups -OCH3 is 2. The number of nitrogens with one attached hydrogen (secondary N) is 2. The Kier molecular flexibility index (Phi) is 6.30. The van der Waals surface area contributed by atoms with Crippen molar-refractivity contribution in [3.63, 3.8) is 0 Å². The SMILES string of the molecule is COc1ccc([C@@H]2CCCN2C(=O)CC[C@H]2NC(=O)c3ccccc3NC2=O)c(OC)c1. The molecule has 0 aliphatic carbocycles. The number of nitrogens with zero attached hydrogens (tertiary/aromatic N) is 1. The summed E-state index contributed by atoms with van der Waals surface area (Å²) >= 11 is 0. The van der Waals surface area contributed by atoms with E-state index in [1.165, 1.54) is 0 Å². The van der Waals surface area contributed by atoms with Crippen molar-refractivity contribution in [2.45, 2.75) is 37.8 Å². The molecule has 2 atom stereocenters. The van der Waals surface area contributed by atoms with Crippen LogP contribution in [0.25, 0.3) is 0 Å². The maximum Gasteiger partial charge on any atom is 0.254 e. The molecule has 2 aromatic carbocycles. The van der Waals surface area contributed by atoms with Crippen LogP contribution in [0.5, 0.6) is 11.5 Å². The Labute approximate surface area is 186 Å². The third-order valence-electron chi connectivity index (χ3n) is 6.07. The van der Waals surface area contributed by atoms with E-state index in [1.54, 1.807) is 38.5 Å². The molecule has 1 fully saturated rings. The summed E-state index contributed by atoms with van der Waals surface area (Å²) in [7, 11) is 3.20. The van der Waals surface area contributed by atoms with Crippen LogP contribution in [0.4, 0.5) is 5.69 Å². The van der Waals surface area contributed by atoms with Crippen molar-refractivity contribution in [2.24, 2.45) is 0 Å². The van der Waals surface area contributed by atoms with Gasteiger partial charge in [-0.15, -0.1) is 0 Å². The van der Waals surface area contributed by atoms with Crippen LogP contribution in [0.2, 0.25) is 0 Å². The van der Waals surface area contributed by atoms with Crippen LogP contribution in [0, 0.1) is 0 Å². The quantitative estimate of drug-likeness (QED) is 0.724. The number of amides is 3. The molecule has 168 valence electrons. The van der Waals surface area contributed by atoms with E-state index < -0.39 is 6.04 Å². The molecule has 32 heavy (non-hydrogen) atoms. The van der Waals surface area contributed by atoms with Gasteiger partial charge in [-0.2, -0.15) is 0 Å². The van der Waals surface area contributed by atoms with Gasteiger partial charge in [-0.3, -0.25) is 14.4 Å². The van der Waals surface area contributed by atoms with Crippen LogP contribution in [0.15, 0.2) is 42.5 Å². The number of benzene rings is 2. The molecule has 1 saturated heterocycles. The average molecular weight is 437 g/mol. The predicted octanol–water partition coefficient (Wildman–Crippen LogP) is 2.90. The van der Waals surface area contributed by atoms with E-state index in [4.69, 9.17) is 9.47 Å². The Morgan fingerprint density at radius 1 is 1.12 bits per heavy atom. The highest BCUT2D eigenvalue weighted by Crippen LogP contribution is 2.39. The lowest BCUT2D eigenvalue weighted by atomic mass is 10.0. The minimum absolute atomic E-state index is 0.0471. The summed E-state index contributed by atoms with van der Waals surface area (Å²) < 4.78 is 10.8. The lowest BCUT2D eigenvalue weighted by molar-refractivity contribution is -0.132. The number of fused-ring (bicyclic) bond motifs is 1. The Bertz CT molecular complexity index is 1040. The molecule has 2 aromatic rings. The van der Waals surface area contributed by atoms with Gasteiger partial charge < -0.3 is 25.0 Å². The maximum atomic E-state index is 13.1. The van der Waals surface area contributed by atoms with Gasteiger partial charge in [0.2, 0.25) is 11.8 Å². The molecule has 2 N–H and O–H groups in total. The molecule has 8 heteroatoms. The number of carbonyl (C=O) groups is 3. The van der Waals surface area contributed by atoms with E-state index in [-0.39, 0.29) is 36.6 Å². The smallest absolute Gasteiger partial charge is 0.254 e. The van der Waals surface area contributed by atoms with Crippen LogP contribution in [-0.4, -0.2) is 49.4 Å². The molecule has 0 aromatic heterocycles. The summed E-state index contributed by atoms with van der Waals surface area (Å²) in [6.07, 6.45) is 2.11. The zero-order chi connectivity index (χ0) is 22.7. The highest BCUT2D eigenvalue weighted by molar-refractivity contribution is 6.09. The molecule has 2 aliphatic heterocycles. The van der Waals surface area contributed by atoms with E-state index in [2.05, 4.69) is 10.6 Å². The summed E-state index contributed by atoms with van der Waals surface area (Å²) in [5.74, 6) is 0.693. The zero-order valence-corrected chi connectivity index (χ0v) is 18.2. The monoisotopic (exact) mass is 437 g/mol. The van der Waals surface area contributed by atoms with E-state index in [9.17, 15) is 14.4 Å². The first kappa shape index (κ1) is 21.7. The van der Waals surface area contributed by atoms with Crippen molar-refractivity contribution in [3.05, 3.63) is 53.6 Å².